The molecule has 0 aliphatic heterocycles. The Morgan fingerprint density at radius 1 is 1.04 bits per heavy atom. The molecule has 0 saturated carbocycles. The summed E-state index contributed by atoms with van der Waals surface area (Å²) < 4.78 is 2.04. The highest BCUT2D eigenvalue weighted by atomic mass is 17.2. The summed E-state index contributed by atoms with van der Waals surface area (Å²) in [5, 5.41) is 9.51. The number of rotatable bonds is 5. The fourth-order valence-corrected chi connectivity index (χ4v) is 2.81. The average molecular weight is 318 g/mol. The minimum atomic E-state index is 0.403. The molecule has 0 fully saturated rings. The third-order valence-electron chi connectivity index (χ3n) is 3.99. The van der Waals surface area contributed by atoms with Crippen molar-refractivity contribution in [3.05, 3.63) is 77.6 Å². The van der Waals surface area contributed by atoms with Crippen LogP contribution in [-0.4, -0.2) is 11.7 Å². The highest BCUT2D eigenvalue weighted by Crippen LogP contribution is 2.30. The molecule has 0 aliphatic carbocycles. The molecule has 0 aliphatic rings. The molecule has 120 valence electrons. The van der Waals surface area contributed by atoms with Gasteiger partial charge in [-0.1, -0.05) is 42.5 Å². The molecule has 0 spiro atoms. The van der Waals surface area contributed by atoms with Gasteiger partial charge in [0.2, 0.25) is 0 Å². The predicted octanol–water partition coefficient (Wildman–Crippen LogP) is 4.40. The fraction of sp³-hybridized carbons (Fsp3) is 0.150. The Labute approximate surface area is 141 Å². The van der Waals surface area contributed by atoms with Gasteiger partial charge >= 0.3 is 0 Å². The van der Waals surface area contributed by atoms with Crippen LogP contribution in [0.3, 0.4) is 0 Å². The molecule has 1 heterocycles. The van der Waals surface area contributed by atoms with Crippen LogP contribution in [0.2, 0.25) is 0 Å². The molecule has 0 amide bonds. The van der Waals surface area contributed by atoms with Crippen LogP contribution in [0, 0.1) is 18.3 Å². The Balaban J connectivity index is 2.01. The van der Waals surface area contributed by atoms with E-state index in [-0.39, 0.29) is 0 Å². The lowest BCUT2D eigenvalue weighted by Crippen LogP contribution is -1.97. The Hall–Kier alpha value is -2.87. The first kappa shape index (κ1) is 16.0. The summed E-state index contributed by atoms with van der Waals surface area (Å²) in [5.74, 6) is 0. The number of hydrogen-bond donors (Lipinski definition) is 0. The predicted molar refractivity (Wildman–Crippen MR) is 92.5 cm³/mol. The fourth-order valence-electron chi connectivity index (χ4n) is 2.81. The molecule has 0 atom stereocenters. The van der Waals surface area contributed by atoms with Gasteiger partial charge in [0.15, 0.2) is 0 Å². The van der Waals surface area contributed by atoms with Crippen LogP contribution in [0.25, 0.3) is 16.8 Å². The van der Waals surface area contributed by atoms with Crippen molar-refractivity contribution in [2.24, 2.45) is 0 Å². The maximum atomic E-state index is 9.51. The summed E-state index contributed by atoms with van der Waals surface area (Å²) >= 11 is 0. The van der Waals surface area contributed by atoms with Crippen molar-refractivity contribution in [3.8, 4) is 22.9 Å². The SMILES string of the molecule is COOCc1ccc(-n2cc(C#N)c(-c3ccccc3)c2C)cc1. The summed E-state index contributed by atoms with van der Waals surface area (Å²) in [6.07, 6.45) is 1.89. The van der Waals surface area contributed by atoms with E-state index in [0.717, 1.165) is 28.1 Å². The molecule has 0 N–H and O–H groups in total. The Morgan fingerprint density at radius 3 is 2.38 bits per heavy atom. The smallest absolute Gasteiger partial charge is 0.107 e. The maximum absolute atomic E-state index is 9.51. The highest BCUT2D eigenvalue weighted by molar-refractivity contribution is 5.74. The highest BCUT2D eigenvalue weighted by Gasteiger charge is 2.15. The van der Waals surface area contributed by atoms with Crippen molar-refractivity contribution in [1.29, 1.82) is 5.26 Å². The topological polar surface area (TPSA) is 47.2 Å². The van der Waals surface area contributed by atoms with E-state index >= 15 is 0 Å². The number of nitrogens with zero attached hydrogens (tertiary/aromatic N) is 2. The number of hydrogen-bond acceptors (Lipinski definition) is 3. The van der Waals surface area contributed by atoms with E-state index in [2.05, 4.69) is 11.0 Å². The van der Waals surface area contributed by atoms with Crippen LogP contribution >= 0.6 is 0 Å². The first-order valence-electron chi connectivity index (χ1n) is 7.67. The van der Waals surface area contributed by atoms with Gasteiger partial charge in [0.1, 0.15) is 12.7 Å². The molecule has 4 heteroatoms. The molecule has 1 aromatic heterocycles. The van der Waals surface area contributed by atoms with Gasteiger partial charge < -0.3 is 4.57 Å². The first-order valence-corrected chi connectivity index (χ1v) is 7.67. The lowest BCUT2D eigenvalue weighted by molar-refractivity contribution is -0.282. The van der Waals surface area contributed by atoms with E-state index in [1.807, 2.05) is 72.3 Å². The second kappa shape index (κ2) is 7.14. The molecule has 3 rings (SSSR count). The van der Waals surface area contributed by atoms with Crippen LogP contribution in [-0.2, 0) is 16.4 Å². The van der Waals surface area contributed by atoms with Crippen molar-refractivity contribution >= 4 is 0 Å². The van der Waals surface area contributed by atoms with Gasteiger partial charge in [-0.15, -0.1) is 0 Å². The van der Waals surface area contributed by atoms with Crippen molar-refractivity contribution in [1.82, 2.24) is 4.57 Å². The summed E-state index contributed by atoms with van der Waals surface area (Å²) in [6.45, 7) is 2.44. The van der Waals surface area contributed by atoms with Crippen LogP contribution in [0.15, 0.2) is 60.8 Å². The second-order valence-corrected chi connectivity index (χ2v) is 5.45. The quantitative estimate of drug-likeness (QED) is 0.517. The van der Waals surface area contributed by atoms with Crippen LogP contribution < -0.4 is 0 Å². The zero-order valence-corrected chi connectivity index (χ0v) is 13.7. The van der Waals surface area contributed by atoms with Gasteiger partial charge in [-0.2, -0.15) is 5.26 Å². The monoisotopic (exact) mass is 318 g/mol. The molecule has 24 heavy (non-hydrogen) atoms. The van der Waals surface area contributed by atoms with Gasteiger partial charge in [0.05, 0.1) is 12.7 Å². The second-order valence-electron chi connectivity index (χ2n) is 5.45. The summed E-state index contributed by atoms with van der Waals surface area (Å²) in [6, 6.07) is 20.3. The molecular weight excluding hydrogens is 300 g/mol. The molecular formula is C20H18N2O2. The first-order chi connectivity index (χ1) is 11.7. The minimum absolute atomic E-state index is 0.403. The zero-order valence-electron chi connectivity index (χ0n) is 13.7. The number of benzene rings is 2. The molecule has 4 nitrogen and oxygen atoms in total. The van der Waals surface area contributed by atoms with Gasteiger partial charge in [-0.3, -0.25) is 0 Å². The van der Waals surface area contributed by atoms with Gasteiger partial charge in [-0.25, -0.2) is 9.78 Å². The largest absolute Gasteiger partial charge is 0.319 e. The lowest BCUT2D eigenvalue weighted by Gasteiger charge is -2.09. The number of nitriles is 1. The summed E-state index contributed by atoms with van der Waals surface area (Å²) in [7, 11) is 1.49. The van der Waals surface area contributed by atoms with E-state index in [0.29, 0.717) is 12.2 Å². The average Bonchev–Trinajstić information content (AvgIpc) is 2.97. The molecule has 2 aromatic carbocycles. The lowest BCUT2D eigenvalue weighted by atomic mass is 10.0. The van der Waals surface area contributed by atoms with Crippen molar-refractivity contribution < 1.29 is 9.78 Å². The maximum Gasteiger partial charge on any atom is 0.107 e. The van der Waals surface area contributed by atoms with Crippen molar-refractivity contribution in [3.63, 3.8) is 0 Å². The van der Waals surface area contributed by atoms with Gasteiger partial charge in [0, 0.05) is 23.1 Å². The Morgan fingerprint density at radius 2 is 1.75 bits per heavy atom. The molecule has 0 unspecified atom stereocenters. The number of aromatic nitrogens is 1. The van der Waals surface area contributed by atoms with Gasteiger partial charge in [0.25, 0.3) is 0 Å². The third kappa shape index (κ3) is 3.09. The van der Waals surface area contributed by atoms with Crippen LogP contribution in [0.1, 0.15) is 16.8 Å². The van der Waals surface area contributed by atoms with E-state index in [9.17, 15) is 5.26 Å². The van der Waals surface area contributed by atoms with Crippen molar-refractivity contribution in [2.75, 3.05) is 7.11 Å². The van der Waals surface area contributed by atoms with E-state index in [1.165, 1.54) is 7.11 Å². The van der Waals surface area contributed by atoms with Gasteiger partial charge in [-0.05, 0) is 30.2 Å². The van der Waals surface area contributed by atoms with E-state index in [1.54, 1.807) is 0 Å². The van der Waals surface area contributed by atoms with E-state index < -0.39 is 0 Å². The third-order valence-corrected chi connectivity index (χ3v) is 3.99. The zero-order chi connectivity index (χ0) is 16.9. The van der Waals surface area contributed by atoms with Crippen LogP contribution in [0.4, 0.5) is 0 Å². The van der Waals surface area contributed by atoms with E-state index in [4.69, 9.17) is 4.89 Å². The molecule has 0 radical (unpaired) electrons. The molecule has 3 aromatic rings. The summed E-state index contributed by atoms with van der Waals surface area (Å²) in [4.78, 5) is 9.56. The molecule has 0 bridgehead atoms. The Kier molecular flexibility index (Phi) is 4.76. The van der Waals surface area contributed by atoms with Crippen molar-refractivity contribution in [2.45, 2.75) is 13.5 Å². The minimum Gasteiger partial charge on any atom is -0.319 e. The Bertz CT molecular complexity index is 859. The standard InChI is InChI=1S/C20H18N2O2/c1-15-20(17-6-4-3-5-7-17)18(12-21)13-22(15)19-10-8-16(9-11-19)14-24-23-2/h3-11,13H,14H2,1-2H3. The summed E-state index contributed by atoms with van der Waals surface area (Å²) in [5.41, 5.74) is 5.77. The normalized spacial score (nSPS) is 10.5. The van der Waals surface area contributed by atoms with Crippen LogP contribution in [0.5, 0.6) is 0 Å². The molecule has 0 saturated heterocycles.